The van der Waals surface area contributed by atoms with Crippen molar-refractivity contribution in [3.8, 4) is 0 Å². The first kappa shape index (κ1) is 28.4. The summed E-state index contributed by atoms with van der Waals surface area (Å²) in [5, 5.41) is 20.4. The molecular formula is C28H32N4O5S. The van der Waals surface area contributed by atoms with E-state index in [0.29, 0.717) is 22.0 Å². The Bertz CT molecular complexity index is 1270. The molecule has 4 amide bonds. The van der Waals surface area contributed by atoms with Gasteiger partial charge in [0.05, 0.1) is 28.9 Å². The molecule has 0 aliphatic rings. The fourth-order valence-electron chi connectivity index (χ4n) is 3.60. The van der Waals surface area contributed by atoms with Crippen LogP contribution in [-0.2, 0) is 21.5 Å². The zero-order valence-corrected chi connectivity index (χ0v) is 22.4. The third kappa shape index (κ3) is 8.74. The monoisotopic (exact) mass is 536 g/mol. The highest BCUT2D eigenvalue weighted by atomic mass is 32.1. The van der Waals surface area contributed by atoms with E-state index in [-0.39, 0.29) is 18.4 Å². The first-order chi connectivity index (χ1) is 18.0. The van der Waals surface area contributed by atoms with E-state index >= 15 is 0 Å². The molecule has 0 saturated heterocycles. The van der Waals surface area contributed by atoms with Crippen LogP contribution in [0, 0.1) is 0 Å². The van der Waals surface area contributed by atoms with Crippen LogP contribution in [-0.4, -0.2) is 35.5 Å². The Labute approximate surface area is 225 Å². The number of hydrogen-bond donors (Lipinski definition) is 5. The van der Waals surface area contributed by atoms with Crippen molar-refractivity contribution in [2.24, 2.45) is 0 Å². The van der Waals surface area contributed by atoms with Crippen molar-refractivity contribution < 1.29 is 24.3 Å². The Morgan fingerprint density at radius 3 is 2.21 bits per heavy atom. The molecule has 1 aromatic heterocycles. The third-order valence-corrected chi connectivity index (χ3v) is 6.66. The summed E-state index contributed by atoms with van der Waals surface area (Å²) < 4.78 is 0. The summed E-state index contributed by atoms with van der Waals surface area (Å²) in [5.74, 6) is -2.04. The van der Waals surface area contributed by atoms with E-state index in [1.54, 1.807) is 12.1 Å². The van der Waals surface area contributed by atoms with Gasteiger partial charge in [-0.25, -0.2) is 4.79 Å². The second-order valence-electron chi connectivity index (χ2n) is 9.73. The molecule has 0 spiro atoms. The molecule has 0 bridgehead atoms. The quantitative estimate of drug-likeness (QED) is 0.261. The molecule has 3 aromatic rings. The smallest absolute Gasteiger partial charge is 0.320 e. The summed E-state index contributed by atoms with van der Waals surface area (Å²) in [6.07, 6.45) is -0.291. The molecule has 9 nitrogen and oxygen atoms in total. The minimum Gasteiger partial charge on any atom is -0.481 e. The Balaban J connectivity index is 1.50. The fraction of sp³-hybridized carbons (Fsp3) is 0.286. The molecule has 0 saturated carbocycles. The van der Waals surface area contributed by atoms with Gasteiger partial charge in [0, 0.05) is 6.54 Å². The normalized spacial score (nSPS) is 11.8. The molecule has 38 heavy (non-hydrogen) atoms. The van der Waals surface area contributed by atoms with Crippen LogP contribution >= 0.6 is 11.3 Å². The van der Waals surface area contributed by atoms with Gasteiger partial charge in [0.2, 0.25) is 5.91 Å². The second kappa shape index (κ2) is 12.9. The number of nitrogens with one attached hydrogen (secondary N) is 4. The van der Waals surface area contributed by atoms with Crippen LogP contribution in [0.5, 0.6) is 0 Å². The molecule has 2 aromatic carbocycles. The lowest BCUT2D eigenvalue weighted by atomic mass is 9.86. The zero-order chi connectivity index (χ0) is 27.7. The maximum Gasteiger partial charge on any atom is 0.320 e. The molecule has 5 N–H and O–H groups in total. The molecule has 1 atom stereocenters. The highest BCUT2D eigenvalue weighted by Crippen LogP contribution is 2.25. The maximum atomic E-state index is 12.5. The number of carboxylic acids is 1. The van der Waals surface area contributed by atoms with Crippen molar-refractivity contribution in [3.63, 3.8) is 0 Å². The Hall–Kier alpha value is -4.18. The van der Waals surface area contributed by atoms with E-state index in [1.807, 2.05) is 54.6 Å². The number of carboxylic acid groups (broad SMARTS) is 1. The van der Waals surface area contributed by atoms with Crippen LogP contribution in [0.3, 0.4) is 0 Å². The van der Waals surface area contributed by atoms with E-state index < -0.39 is 29.9 Å². The summed E-state index contributed by atoms with van der Waals surface area (Å²) >= 11 is 1.07. The molecular weight excluding hydrogens is 504 g/mol. The van der Waals surface area contributed by atoms with Gasteiger partial charge in [0.25, 0.3) is 5.91 Å². The minimum atomic E-state index is -1.05. The molecule has 1 unspecified atom stereocenters. The van der Waals surface area contributed by atoms with Gasteiger partial charge in [0.15, 0.2) is 0 Å². The Kier molecular flexibility index (Phi) is 9.61. The van der Waals surface area contributed by atoms with Crippen molar-refractivity contribution in [1.82, 2.24) is 16.0 Å². The molecule has 10 heteroatoms. The van der Waals surface area contributed by atoms with E-state index in [9.17, 15) is 24.3 Å². The second-order valence-corrected chi connectivity index (χ2v) is 10.8. The third-order valence-electron chi connectivity index (χ3n) is 5.66. The highest BCUT2D eigenvalue weighted by molar-refractivity contribution is 7.18. The van der Waals surface area contributed by atoms with Gasteiger partial charge in [-0.2, -0.15) is 0 Å². The number of hydrogen-bond acceptors (Lipinski definition) is 5. The largest absolute Gasteiger partial charge is 0.481 e. The van der Waals surface area contributed by atoms with Crippen LogP contribution in [0.25, 0.3) is 0 Å². The van der Waals surface area contributed by atoms with Crippen molar-refractivity contribution in [2.45, 2.75) is 45.2 Å². The van der Waals surface area contributed by atoms with Gasteiger partial charge >= 0.3 is 12.0 Å². The molecule has 1 heterocycles. The highest BCUT2D eigenvalue weighted by Gasteiger charge is 2.20. The lowest BCUT2D eigenvalue weighted by Gasteiger charge is -2.22. The van der Waals surface area contributed by atoms with Crippen LogP contribution in [0.4, 0.5) is 9.80 Å². The summed E-state index contributed by atoms with van der Waals surface area (Å²) in [6, 6.07) is 18.9. The first-order valence-corrected chi connectivity index (χ1v) is 12.9. The number of carbonyl (C=O) groups excluding carboxylic acids is 3. The number of urea groups is 1. The Morgan fingerprint density at radius 1 is 0.895 bits per heavy atom. The van der Waals surface area contributed by atoms with E-state index in [1.165, 1.54) is 0 Å². The van der Waals surface area contributed by atoms with Crippen molar-refractivity contribution in [1.29, 1.82) is 0 Å². The van der Waals surface area contributed by atoms with Crippen LogP contribution in [0.2, 0.25) is 0 Å². The van der Waals surface area contributed by atoms with Crippen LogP contribution in [0.15, 0.2) is 66.7 Å². The number of thiophene rings is 1. The number of benzene rings is 2. The number of amides is 4. The SMILES string of the molecule is CC(C)(C)c1ccc(C(CC(=O)O)NC(=O)CNC(=O)c2ccc(NC(=O)NCc3ccccc3)s2)cc1. The molecule has 0 aliphatic heterocycles. The summed E-state index contributed by atoms with van der Waals surface area (Å²) in [6.45, 7) is 6.27. The summed E-state index contributed by atoms with van der Waals surface area (Å²) in [5.41, 5.74) is 2.66. The van der Waals surface area contributed by atoms with E-state index in [4.69, 9.17) is 0 Å². The predicted molar refractivity (Wildman–Crippen MR) is 147 cm³/mol. The van der Waals surface area contributed by atoms with E-state index in [0.717, 1.165) is 22.5 Å². The van der Waals surface area contributed by atoms with Gasteiger partial charge in [-0.05, 0) is 34.2 Å². The number of carbonyl (C=O) groups is 4. The zero-order valence-electron chi connectivity index (χ0n) is 21.5. The predicted octanol–water partition coefficient (Wildman–Crippen LogP) is 4.43. The van der Waals surface area contributed by atoms with Gasteiger partial charge in [-0.1, -0.05) is 75.4 Å². The minimum absolute atomic E-state index is 0.0580. The van der Waals surface area contributed by atoms with Crippen LogP contribution < -0.4 is 21.3 Å². The number of rotatable bonds is 10. The van der Waals surface area contributed by atoms with E-state index in [2.05, 4.69) is 42.0 Å². The molecule has 3 rings (SSSR count). The van der Waals surface area contributed by atoms with Crippen molar-refractivity contribution in [2.75, 3.05) is 11.9 Å². The molecule has 0 radical (unpaired) electrons. The number of aliphatic carboxylic acids is 1. The first-order valence-electron chi connectivity index (χ1n) is 12.1. The standard InChI is InChI=1S/C28H32N4O5S/c1-28(2,3)20-11-9-19(10-12-20)21(15-25(34)35)31-23(33)17-29-26(36)22-13-14-24(38-22)32-27(37)30-16-18-7-5-4-6-8-18/h4-14,21H,15-17H2,1-3H3,(H,29,36)(H,31,33)(H,34,35)(H2,30,32,37). The van der Waals surface area contributed by atoms with Crippen LogP contribution in [0.1, 0.15) is 59.6 Å². The van der Waals surface area contributed by atoms with Crippen molar-refractivity contribution in [3.05, 3.63) is 88.3 Å². The number of anilines is 1. The Morgan fingerprint density at radius 2 is 1.58 bits per heavy atom. The molecule has 0 fully saturated rings. The van der Waals surface area contributed by atoms with Crippen molar-refractivity contribution >= 4 is 40.2 Å². The maximum absolute atomic E-state index is 12.5. The average molecular weight is 537 g/mol. The lowest BCUT2D eigenvalue weighted by molar-refractivity contribution is -0.137. The van der Waals surface area contributed by atoms with Gasteiger partial charge in [-0.15, -0.1) is 11.3 Å². The average Bonchev–Trinajstić information content (AvgIpc) is 3.34. The molecule has 0 aliphatic carbocycles. The van der Waals surface area contributed by atoms with Gasteiger partial charge in [-0.3, -0.25) is 19.7 Å². The summed E-state index contributed by atoms with van der Waals surface area (Å²) in [4.78, 5) is 48.9. The lowest BCUT2D eigenvalue weighted by Crippen LogP contribution is -2.39. The summed E-state index contributed by atoms with van der Waals surface area (Å²) in [7, 11) is 0. The van der Waals surface area contributed by atoms with Gasteiger partial charge in [0.1, 0.15) is 0 Å². The molecule has 200 valence electrons. The van der Waals surface area contributed by atoms with Gasteiger partial charge < -0.3 is 21.1 Å². The topological polar surface area (TPSA) is 137 Å². The fourth-order valence-corrected chi connectivity index (χ4v) is 4.41.